The first-order chi connectivity index (χ1) is 9.28. The molecule has 0 saturated carbocycles. The van der Waals surface area contributed by atoms with Crippen molar-refractivity contribution in [3.63, 3.8) is 0 Å². The Labute approximate surface area is 115 Å². The molecule has 2 saturated heterocycles. The van der Waals surface area contributed by atoms with Gasteiger partial charge >= 0.3 is 0 Å². The molecule has 2 heterocycles. The Morgan fingerprint density at radius 3 is 2.42 bits per heavy atom. The van der Waals surface area contributed by atoms with Crippen molar-refractivity contribution in [1.82, 2.24) is 15.1 Å². The number of nitrogens with two attached hydrogens (primary N) is 1. The Balaban J connectivity index is 1.63. The van der Waals surface area contributed by atoms with Crippen molar-refractivity contribution in [3.05, 3.63) is 0 Å². The van der Waals surface area contributed by atoms with Crippen molar-refractivity contribution in [2.45, 2.75) is 18.9 Å². The molecule has 0 aromatic heterocycles. The molecular weight excluding hydrogens is 244 g/mol. The number of nitrogens with zero attached hydrogens (tertiary/aromatic N) is 2. The van der Waals surface area contributed by atoms with E-state index in [2.05, 4.69) is 15.1 Å². The Hall–Kier alpha value is -0.690. The minimum Gasteiger partial charge on any atom is -0.381 e. The van der Waals surface area contributed by atoms with Gasteiger partial charge in [0.05, 0.1) is 6.54 Å². The Kier molecular flexibility index (Phi) is 6.03. The van der Waals surface area contributed by atoms with Gasteiger partial charge in [0.2, 0.25) is 5.91 Å². The molecule has 0 radical (unpaired) electrons. The average Bonchev–Trinajstić information content (AvgIpc) is 2.42. The van der Waals surface area contributed by atoms with Crippen LogP contribution in [0.2, 0.25) is 0 Å². The van der Waals surface area contributed by atoms with Crippen LogP contribution in [-0.2, 0) is 9.53 Å². The molecule has 0 aliphatic carbocycles. The number of hydrogen-bond donors (Lipinski definition) is 2. The second-order valence-electron chi connectivity index (χ2n) is 5.36. The van der Waals surface area contributed by atoms with E-state index in [0.29, 0.717) is 19.1 Å². The van der Waals surface area contributed by atoms with E-state index in [4.69, 9.17) is 10.5 Å². The zero-order chi connectivity index (χ0) is 13.5. The number of carbonyl (C=O) groups excluding carboxylic acids is 1. The fraction of sp³-hybridized carbons (Fsp3) is 0.923. The van der Waals surface area contributed by atoms with Crippen molar-refractivity contribution in [1.29, 1.82) is 0 Å². The van der Waals surface area contributed by atoms with Crippen molar-refractivity contribution in [2.24, 2.45) is 5.73 Å². The summed E-state index contributed by atoms with van der Waals surface area (Å²) in [6.45, 7) is 7.68. The molecule has 19 heavy (non-hydrogen) atoms. The molecule has 2 aliphatic heterocycles. The largest absolute Gasteiger partial charge is 0.381 e. The number of piperazine rings is 1. The van der Waals surface area contributed by atoms with Crippen LogP contribution in [0, 0.1) is 0 Å². The van der Waals surface area contributed by atoms with Gasteiger partial charge in [-0.25, -0.2) is 0 Å². The molecule has 2 rings (SSSR count). The molecule has 110 valence electrons. The maximum atomic E-state index is 12.0. The van der Waals surface area contributed by atoms with Gasteiger partial charge in [0.25, 0.3) is 0 Å². The standard InChI is InChI=1S/C13H26N4O2/c14-3-4-16-5-7-17(8-6-16)11-13(18)15-12-1-9-19-10-2-12/h12H,1-11,14H2,(H,15,18). The summed E-state index contributed by atoms with van der Waals surface area (Å²) < 4.78 is 5.29. The second-order valence-corrected chi connectivity index (χ2v) is 5.36. The Morgan fingerprint density at radius 1 is 1.16 bits per heavy atom. The number of carbonyl (C=O) groups is 1. The van der Waals surface area contributed by atoms with Gasteiger partial charge in [0, 0.05) is 58.5 Å². The van der Waals surface area contributed by atoms with Gasteiger partial charge in [-0.3, -0.25) is 14.6 Å². The third kappa shape index (κ3) is 5.06. The number of hydrogen-bond acceptors (Lipinski definition) is 5. The van der Waals surface area contributed by atoms with Crippen LogP contribution >= 0.6 is 0 Å². The third-order valence-electron chi connectivity index (χ3n) is 3.86. The molecule has 0 spiro atoms. The maximum absolute atomic E-state index is 12.0. The number of nitrogens with one attached hydrogen (secondary N) is 1. The van der Waals surface area contributed by atoms with Gasteiger partial charge in [-0.1, -0.05) is 0 Å². The summed E-state index contributed by atoms with van der Waals surface area (Å²) in [6, 6.07) is 0.305. The average molecular weight is 270 g/mol. The van der Waals surface area contributed by atoms with Gasteiger partial charge < -0.3 is 15.8 Å². The quantitative estimate of drug-likeness (QED) is 0.661. The zero-order valence-electron chi connectivity index (χ0n) is 11.6. The summed E-state index contributed by atoms with van der Waals surface area (Å²) >= 11 is 0. The Bertz CT molecular complexity index is 274. The van der Waals surface area contributed by atoms with Crippen LogP contribution < -0.4 is 11.1 Å². The van der Waals surface area contributed by atoms with Crippen LogP contribution in [0.5, 0.6) is 0 Å². The first-order valence-corrected chi connectivity index (χ1v) is 7.30. The van der Waals surface area contributed by atoms with Crippen LogP contribution in [0.25, 0.3) is 0 Å². The zero-order valence-corrected chi connectivity index (χ0v) is 11.6. The molecule has 0 bridgehead atoms. The molecule has 2 aliphatic rings. The monoisotopic (exact) mass is 270 g/mol. The van der Waals surface area contributed by atoms with E-state index in [0.717, 1.165) is 58.8 Å². The van der Waals surface area contributed by atoms with Gasteiger partial charge in [0.15, 0.2) is 0 Å². The molecular formula is C13H26N4O2. The molecule has 6 nitrogen and oxygen atoms in total. The third-order valence-corrected chi connectivity index (χ3v) is 3.86. The van der Waals surface area contributed by atoms with Crippen molar-refractivity contribution < 1.29 is 9.53 Å². The van der Waals surface area contributed by atoms with Crippen LogP contribution in [0.4, 0.5) is 0 Å². The highest BCUT2D eigenvalue weighted by Crippen LogP contribution is 2.06. The van der Waals surface area contributed by atoms with Crippen molar-refractivity contribution in [2.75, 3.05) is 59.0 Å². The number of amides is 1. The number of rotatable bonds is 5. The molecule has 0 atom stereocenters. The van der Waals surface area contributed by atoms with Crippen molar-refractivity contribution in [3.8, 4) is 0 Å². The van der Waals surface area contributed by atoms with E-state index in [1.54, 1.807) is 0 Å². The smallest absolute Gasteiger partial charge is 0.234 e. The minimum absolute atomic E-state index is 0.152. The van der Waals surface area contributed by atoms with Crippen LogP contribution in [0.1, 0.15) is 12.8 Å². The van der Waals surface area contributed by atoms with E-state index >= 15 is 0 Å². The first kappa shape index (κ1) is 14.7. The van der Waals surface area contributed by atoms with Gasteiger partial charge in [-0.05, 0) is 12.8 Å². The SMILES string of the molecule is NCCN1CCN(CC(=O)NC2CCOCC2)CC1. The lowest BCUT2D eigenvalue weighted by Crippen LogP contribution is -2.51. The summed E-state index contributed by atoms with van der Waals surface area (Å²) in [5.41, 5.74) is 5.55. The predicted octanol–water partition coefficient (Wildman–Crippen LogP) is -1.14. The highest BCUT2D eigenvalue weighted by Gasteiger charge is 2.20. The van der Waals surface area contributed by atoms with E-state index in [1.807, 2.05) is 0 Å². The number of ether oxygens (including phenoxy) is 1. The molecule has 2 fully saturated rings. The predicted molar refractivity (Wildman–Crippen MR) is 73.9 cm³/mol. The van der Waals surface area contributed by atoms with Gasteiger partial charge in [-0.15, -0.1) is 0 Å². The fourth-order valence-electron chi connectivity index (χ4n) is 2.67. The van der Waals surface area contributed by atoms with Crippen LogP contribution in [-0.4, -0.2) is 80.8 Å². The van der Waals surface area contributed by atoms with Gasteiger partial charge in [0.1, 0.15) is 0 Å². The normalized spacial score (nSPS) is 23.4. The fourth-order valence-corrected chi connectivity index (χ4v) is 2.67. The lowest BCUT2D eigenvalue weighted by atomic mass is 10.1. The summed E-state index contributed by atoms with van der Waals surface area (Å²) in [5, 5.41) is 3.11. The van der Waals surface area contributed by atoms with E-state index in [-0.39, 0.29) is 5.91 Å². The molecule has 0 aromatic rings. The lowest BCUT2D eigenvalue weighted by Gasteiger charge is -2.34. The van der Waals surface area contributed by atoms with E-state index < -0.39 is 0 Å². The molecule has 6 heteroatoms. The topological polar surface area (TPSA) is 70.8 Å². The second kappa shape index (κ2) is 7.79. The van der Waals surface area contributed by atoms with Crippen LogP contribution in [0.15, 0.2) is 0 Å². The molecule has 3 N–H and O–H groups in total. The maximum Gasteiger partial charge on any atom is 0.234 e. The molecule has 1 amide bonds. The van der Waals surface area contributed by atoms with E-state index in [1.165, 1.54) is 0 Å². The Morgan fingerprint density at radius 2 is 1.79 bits per heavy atom. The highest BCUT2D eigenvalue weighted by molar-refractivity contribution is 5.78. The highest BCUT2D eigenvalue weighted by atomic mass is 16.5. The first-order valence-electron chi connectivity index (χ1n) is 7.30. The molecule has 0 aromatic carbocycles. The molecule has 0 unspecified atom stereocenters. The summed E-state index contributed by atoms with van der Waals surface area (Å²) in [5.74, 6) is 0.152. The van der Waals surface area contributed by atoms with E-state index in [9.17, 15) is 4.79 Å². The minimum atomic E-state index is 0.152. The summed E-state index contributed by atoms with van der Waals surface area (Å²) in [7, 11) is 0. The summed E-state index contributed by atoms with van der Waals surface area (Å²) in [6.07, 6.45) is 1.88. The lowest BCUT2D eigenvalue weighted by molar-refractivity contribution is -0.124. The van der Waals surface area contributed by atoms with Crippen LogP contribution in [0.3, 0.4) is 0 Å². The van der Waals surface area contributed by atoms with Gasteiger partial charge in [-0.2, -0.15) is 0 Å². The van der Waals surface area contributed by atoms with Crippen molar-refractivity contribution >= 4 is 5.91 Å². The summed E-state index contributed by atoms with van der Waals surface area (Å²) in [4.78, 5) is 16.5.